The zero-order valence-electron chi connectivity index (χ0n) is 9.36. The average molecular weight is 283 g/mol. The molecule has 2 rings (SSSR count). The molecule has 6 nitrogen and oxygen atoms in total. The summed E-state index contributed by atoms with van der Waals surface area (Å²) in [4.78, 5) is 24.0. The molecule has 1 fully saturated rings. The Morgan fingerprint density at radius 2 is 2.39 bits per heavy atom. The number of thioether (sulfide) groups is 1. The van der Waals surface area contributed by atoms with E-state index in [2.05, 4.69) is 5.10 Å². The van der Waals surface area contributed by atoms with Gasteiger partial charge in [0.2, 0.25) is 0 Å². The molecule has 1 amide bonds. The van der Waals surface area contributed by atoms with E-state index in [1.807, 2.05) is 0 Å². The first-order valence-corrected chi connectivity index (χ1v) is 6.15. The Hall–Kier alpha value is -1.67. The SMILES string of the molecule is Cn1cc(/C=C2\SC(=S)N(CC(=O)O)C2=O)cn1. The minimum Gasteiger partial charge on any atom is -0.480 e. The predicted molar refractivity (Wildman–Crippen MR) is 70.7 cm³/mol. The van der Waals surface area contributed by atoms with Gasteiger partial charge >= 0.3 is 5.97 Å². The van der Waals surface area contributed by atoms with Crippen molar-refractivity contribution in [2.45, 2.75) is 0 Å². The van der Waals surface area contributed by atoms with E-state index in [1.54, 1.807) is 30.2 Å². The molecular weight excluding hydrogens is 274 g/mol. The average Bonchev–Trinajstić information content (AvgIpc) is 2.78. The van der Waals surface area contributed by atoms with Crippen molar-refractivity contribution in [1.82, 2.24) is 14.7 Å². The zero-order valence-corrected chi connectivity index (χ0v) is 11.0. The third-order valence-electron chi connectivity index (χ3n) is 2.19. The number of aromatic nitrogens is 2. The van der Waals surface area contributed by atoms with Crippen LogP contribution in [0, 0.1) is 0 Å². The molecule has 2 heterocycles. The number of aryl methyl sites for hydroxylation is 1. The van der Waals surface area contributed by atoms with E-state index in [4.69, 9.17) is 17.3 Å². The third-order valence-corrected chi connectivity index (χ3v) is 3.57. The Morgan fingerprint density at radius 3 is 2.94 bits per heavy atom. The van der Waals surface area contributed by atoms with Crippen LogP contribution in [0.4, 0.5) is 0 Å². The number of carboxylic acids is 1. The van der Waals surface area contributed by atoms with E-state index < -0.39 is 12.5 Å². The maximum Gasteiger partial charge on any atom is 0.323 e. The number of hydrogen-bond donors (Lipinski definition) is 1. The minimum atomic E-state index is -1.09. The largest absolute Gasteiger partial charge is 0.480 e. The number of carbonyl (C=O) groups excluding carboxylic acids is 1. The highest BCUT2D eigenvalue weighted by Gasteiger charge is 2.33. The lowest BCUT2D eigenvalue weighted by Gasteiger charge is -2.09. The predicted octanol–water partition coefficient (Wildman–Crippen LogP) is 0.706. The van der Waals surface area contributed by atoms with Crippen molar-refractivity contribution in [3.63, 3.8) is 0 Å². The van der Waals surface area contributed by atoms with Gasteiger partial charge < -0.3 is 5.11 Å². The molecule has 0 atom stereocenters. The van der Waals surface area contributed by atoms with E-state index >= 15 is 0 Å². The van der Waals surface area contributed by atoms with Gasteiger partial charge in [0.1, 0.15) is 10.9 Å². The molecule has 1 N–H and O–H groups in total. The van der Waals surface area contributed by atoms with E-state index in [0.717, 1.165) is 22.2 Å². The molecule has 94 valence electrons. The first-order valence-electron chi connectivity index (χ1n) is 4.93. The van der Waals surface area contributed by atoms with Crippen LogP contribution in [0.15, 0.2) is 17.3 Å². The van der Waals surface area contributed by atoms with Gasteiger partial charge in [-0.2, -0.15) is 5.10 Å². The first kappa shape index (κ1) is 12.8. The normalized spacial score (nSPS) is 17.8. The van der Waals surface area contributed by atoms with Gasteiger partial charge in [-0.3, -0.25) is 19.2 Å². The van der Waals surface area contributed by atoms with Crippen molar-refractivity contribution in [2.75, 3.05) is 6.54 Å². The highest BCUT2D eigenvalue weighted by molar-refractivity contribution is 8.26. The molecule has 0 radical (unpaired) electrons. The quantitative estimate of drug-likeness (QED) is 0.650. The third kappa shape index (κ3) is 2.59. The highest BCUT2D eigenvalue weighted by atomic mass is 32.2. The van der Waals surface area contributed by atoms with E-state index in [-0.39, 0.29) is 10.2 Å². The van der Waals surface area contributed by atoms with Crippen LogP contribution in [0.5, 0.6) is 0 Å². The van der Waals surface area contributed by atoms with Gasteiger partial charge in [0.25, 0.3) is 5.91 Å². The summed E-state index contributed by atoms with van der Waals surface area (Å²) in [6, 6.07) is 0. The summed E-state index contributed by atoms with van der Waals surface area (Å²) in [7, 11) is 1.77. The minimum absolute atomic E-state index is 0.262. The number of rotatable bonds is 3. The van der Waals surface area contributed by atoms with Crippen LogP contribution in [0.2, 0.25) is 0 Å². The lowest BCUT2D eigenvalue weighted by molar-refractivity contribution is -0.140. The molecule has 1 aromatic heterocycles. The molecule has 0 aromatic carbocycles. The molecule has 0 spiro atoms. The second-order valence-corrected chi connectivity index (χ2v) is 5.28. The molecule has 8 heteroatoms. The molecule has 0 unspecified atom stereocenters. The van der Waals surface area contributed by atoms with Gasteiger partial charge in [0, 0.05) is 18.8 Å². The molecule has 1 aliphatic rings. The van der Waals surface area contributed by atoms with Gasteiger partial charge in [-0.25, -0.2) is 0 Å². The fourth-order valence-electron chi connectivity index (χ4n) is 1.44. The Morgan fingerprint density at radius 1 is 1.67 bits per heavy atom. The summed E-state index contributed by atoms with van der Waals surface area (Å²) >= 11 is 6.07. The van der Waals surface area contributed by atoms with Crippen LogP contribution in [0.1, 0.15) is 5.56 Å². The van der Waals surface area contributed by atoms with Crippen molar-refractivity contribution in [1.29, 1.82) is 0 Å². The lowest BCUT2D eigenvalue weighted by Crippen LogP contribution is -2.33. The van der Waals surface area contributed by atoms with Crippen molar-refractivity contribution in [2.24, 2.45) is 7.05 Å². The smallest absolute Gasteiger partial charge is 0.323 e. The summed E-state index contributed by atoms with van der Waals surface area (Å²) in [5, 5.41) is 12.7. The van der Waals surface area contributed by atoms with Crippen molar-refractivity contribution in [3.8, 4) is 0 Å². The highest BCUT2D eigenvalue weighted by Crippen LogP contribution is 2.32. The summed E-state index contributed by atoms with van der Waals surface area (Å²) in [6.45, 7) is -0.408. The van der Waals surface area contributed by atoms with Crippen LogP contribution < -0.4 is 0 Å². The second-order valence-electron chi connectivity index (χ2n) is 3.61. The van der Waals surface area contributed by atoms with Gasteiger partial charge in [0.05, 0.1) is 11.1 Å². The molecule has 1 saturated heterocycles. The van der Waals surface area contributed by atoms with Crippen LogP contribution in [-0.2, 0) is 16.6 Å². The van der Waals surface area contributed by atoms with Crippen LogP contribution in [0.3, 0.4) is 0 Å². The summed E-state index contributed by atoms with van der Waals surface area (Å²) in [5.74, 6) is -1.47. The number of hydrogen-bond acceptors (Lipinski definition) is 5. The Balaban J connectivity index is 2.22. The standard InChI is InChI=1S/C10H9N3O3S2/c1-12-4-6(3-11-12)2-7-9(16)13(5-8(14)15)10(17)18-7/h2-4H,5H2,1H3,(H,14,15)/b7-2-. The fraction of sp³-hybridized carbons (Fsp3) is 0.200. The molecule has 18 heavy (non-hydrogen) atoms. The summed E-state index contributed by atoms with van der Waals surface area (Å²) in [5.41, 5.74) is 0.772. The van der Waals surface area contributed by atoms with Crippen molar-refractivity contribution >= 4 is 46.3 Å². The van der Waals surface area contributed by atoms with E-state index in [0.29, 0.717) is 4.91 Å². The van der Waals surface area contributed by atoms with E-state index in [1.165, 1.54) is 0 Å². The topological polar surface area (TPSA) is 75.4 Å². The zero-order chi connectivity index (χ0) is 13.3. The number of thiocarbonyl (C=S) groups is 1. The molecule has 0 bridgehead atoms. The van der Waals surface area contributed by atoms with Gasteiger partial charge in [-0.15, -0.1) is 0 Å². The van der Waals surface area contributed by atoms with Crippen molar-refractivity contribution in [3.05, 3.63) is 22.9 Å². The number of aliphatic carboxylic acids is 1. The molecular formula is C10H9N3O3S2. The fourth-order valence-corrected chi connectivity index (χ4v) is 2.69. The maximum atomic E-state index is 11.9. The number of nitrogens with zero attached hydrogens (tertiary/aromatic N) is 3. The van der Waals surface area contributed by atoms with Gasteiger partial charge in [0.15, 0.2) is 0 Å². The summed E-state index contributed by atoms with van der Waals surface area (Å²) < 4.78 is 1.88. The Labute approximate surface area is 112 Å². The molecule has 0 aliphatic carbocycles. The van der Waals surface area contributed by atoms with Crippen LogP contribution >= 0.6 is 24.0 Å². The van der Waals surface area contributed by atoms with Crippen molar-refractivity contribution < 1.29 is 14.7 Å². The number of amides is 1. The molecule has 0 saturated carbocycles. The monoisotopic (exact) mass is 283 g/mol. The number of carboxylic acid groups (broad SMARTS) is 1. The first-order chi connectivity index (χ1) is 8.47. The number of carbonyl (C=O) groups is 2. The maximum absolute atomic E-state index is 11.9. The van der Waals surface area contributed by atoms with Gasteiger partial charge in [-0.1, -0.05) is 24.0 Å². The molecule has 1 aromatic rings. The lowest BCUT2D eigenvalue weighted by atomic mass is 10.3. The molecule has 1 aliphatic heterocycles. The second kappa shape index (κ2) is 4.91. The van der Waals surface area contributed by atoms with Crippen LogP contribution in [0.25, 0.3) is 6.08 Å². The Kier molecular flexibility index (Phi) is 3.48. The Bertz CT molecular complexity index is 564. The summed E-state index contributed by atoms with van der Waals surface area (Å²) in [6.07, 6.45) is 5.02. The van der Waals surface area contributed by atoms with Crippen LogP contribution in [-0.4, -0.2) is 42.5 Å². The van der Waals surface area contributed by atoms with Gasteiger partial charge in [-0.05, 0) is 6.08 Å². The van der Waals surface area contributed by atoms with E-state index in [9.17, 15) is 9.59 Å².